The SMILES string of the molecule is O=C(O)COc1ccc(C=NCc2ccc(C(=O)O)cc2)cc1Cl. The van der Waals surface area contributed by atoms with E-state index in [1.54, 1.807) is 36.5 Å². The molecule has 0 heterocycles. The number of hydrogen-bond acceptors (Lipinski definition) is 4. The zero-order chi connectivity index (χ0) is 17.5. The predicted molar refractivity (Wildman–Crippen MR) is 89.3 cm³/mol. The lowest BCUT2D eigenvalue weighted by Gasteiger charge is -2.05. The van der Waals surface area contributed by atoms with Gasteiger partial charge in [0.2, 0.25) is 0 Å². The van der Waals surface area contributed by atoms with Gasteiger partial charge in [-0.05, 0) is 41.5 Å². The molecule has 0 saturated heterocycles. The van der Waals surface area contributed by atoms with Crippen molar-refractivity contribution in [3.05, 3.63) is 64.2 Å². The molecule has 7 heteroatoms. The van der Waals surface area contributed by atoms with Crippen molar-refractivity contribution in [1.29, 1.82) is 0 Å². The highest BCUT2D eigenvalue weighted by molar-refractivity contribution is 6.32. The van der Waals surface area contributed by atoms with Crippen LogP contribution in [0.4, 0.5) is 0 Å². The van der Waals surface area contributed by atoms with Gasteiger partial charge in [-0.1, -0.05) is 23.7 Å². The van der Waals surface area contributed by atoms with Crippen molar-refractivity contribution in [2.24, 2.45) is 4.99 Å². The summed E-state index contributed by atoms with van der Waals surface area (Å²) in [5.74, 6) is -1.75. The average molecular weight is 348 g/mol. The second-order valence-electron chi connectivity index (χ2n) is 4.84. The quantitative estimate of drug-likeness (QED) is 0.750. The zero-order valence-electron chi connectivity index (χ0n) is 12.5. The molecule has 0 fully saturated rings. The van der Waals surface area contributed by atoms with Gasteiger partial charge in [0.1, 0.15) is 5.75 Å². The van der Waals surface area contributed by atoms with E-state index < -0.39 is 18.5 Å². The Morgan fingerprint density at radius 1 is 1.12 bits per heavy atom. The highest BCUT2D eigenvalue weighted by Gasteiger charge is 2.05. The zero-order valence-corrected chi connectivity index (χ0v) is 13.2. The highest BCUT2D eigenvalue weighted by atomic mass is 35.5. The summed E-state index contributed by atoms with van der Waals surface area (Å²) < 4.78 is 5.03. The first kappa shape index (κ1) is 17.5. The number of aliphatic imine (C=N–C) groups is 1. The van der Waals surface area contributed by atoms with Crippen molar-refractivity contribution in [2.45, 2.75) is 6.54 Å². The minimum atomic E-state index is -1.08. The van der Waals surface area contributed by atoms with Gasteiger partial charge in [-0.25, -0.2) is 9.59 Å². The molecular formula is C17H14ClNO5. The van der Waals surface area contributed by atoms with E-state index in [1.807, 2.05) is 0 Å². The van der Waals surface area contributed by atoms with Crippen LogP contribution in [0, 0.1) is 0 Å². The molecule has 124 valence electrons. The summed E-state index contributed by atoms with van der Waals surface area (Å²) in [4.78, 5) is 25.5. The molecular weight excluding hydrogens is 334 g/mol. The fourth-order valence-corrected chi connectivity index (χ4v) is 2.11. The van der Waals surface area contributed by atoms with E-state index in [9.17, 15) is 9.59 Å². The van der Waals surface area contributed by atoms with E-state index >= 15 is 0 Å². The van der Waals surface area contributed by atoms with Gasteiger partial charge in [-0.3, -0.25) is 4.99 Å². The Morgan fingerprint density at radius 2 is 1.83 bits per heavy atom. The molecule has 0 aliphatic heterocycles. The molecule has 2 N–H and O–H groups in total. The Morgan fingerprint density at radius 3 is 2.42 bits per heavy atom. The molecule has 6 nitrogen and oxygen atoms in total. The molecule has 0 aromatic heterocycles. The fourth-order valence-electron chi connectivity index (χ4n) is 1.86. The molecule has 0 spiro atoms. The van der Waals surface area contributed by atoms with E-state index in [2.05, 4.69) is 4.99 Å². The Labute approximate surface area is 143 Å². The van der Waals surface area contributed by atoms with Crippen molar-refractivity contribution < 1.29 is 24.5 Å². The standard InChI is InChI=1S/C17H14ClNO5/c18-14-7-12(3-6-15(14)24-10-16(20)21)9-19-8-11-1-4-13(5-2-11)17(22)23/h1-7,9H,8,10H2,(H,20,21)(H,22,23). The summed E-state index contributed by atoms with van der Waals surface area (Å²) >= 11 is 6.02. The molecule has 0 aliphatic carbocycles. The topological polar surface area (TPSA) is 96.2 Å². The van der Waals surface area contributed by atoms with Gasteiger partial charge in [0, 0.05) is 6.21 Å². The summed E-state index contributed by atoms with van der Waals surface area (Å²) in [6.45, 7) is -0.0612. The number of aliphatic carboxylic acids is 1. The molecule has 0 saturated carbocycles. The molecule has 0 bridgehead atoms. The number of rotatable bonds is 7. The summed E-state index contributed by atoms with van der Waals surface area (Å²) in [5, 5.41) is 17.7. The van der Waals surface area contributed by atoms with Gasteiger partial charge in [0.05, 0.1) is 17.1 Å². The molecule has 24 heavy (non-hydrogen) atoms. The lowest BCUT2D eigenvalue weighted by atomic mass is 10.1. The second kappa shape index (κ2) is 8.12. The van der Waals surface area contributed by atoms with Gasteiger partial charge >= 0.3 is 11.9 Å². The maximum absolute atomic E-state index is 10.8. The van der Waals surface area contributed by atoms with Crippen LogP contribution < -0.4 is 4.74 Å². The van der Waals surface area contributed by atoms with Crippen LogP contribution in [0.2, 0.25) is 5.02 Å². The van der Waals surface area contributed by atoms with Crippen molar-refractivity contribution in [1.82, 2.24) is 0 Å². The Bertz CT molecular complexity index is 771. The molecule has 0 amide bonds. The van der Waals surface area contributed by atoms with Crippen molar-refractivity contribution in [2.75, 3.05) is 6.61 Å². The van der Waals surface area contributed by atoms with Gasteiger partial charge in [0.25, 0.3) is 0 Å². The van der Waals surface area contributed by atoms with Crippen LogP contribution in [0.15, 0.2) is 47.5 Å². The third kappa shape index (κ3) is 5.10. The molecule has 2 aromatic rings. The van der Waals surface area contributed by atoms with Crippen molar-refractivity contribution in [3.8, 4) is 5.75 Å². The number of benzene rings is 2. The smallest absolute Gasteiger partial charge is 0.341 e. The lowest BCUT2D eigenvalue weighted by molar-refractivity contribution is -0.139. The average Bonchev–Trinajstić information content (AvgIpc) is 2.54. The fraction of sp³-hybridized carbons (Fsp3) is 0.118. The molecule has 0 unspecified atom stereocenters. The first-order chi connectivity index (χ1) is 11.5. The number of nitrogens with zero attached hydrogens (tertiary/aromatic N) is 1. The van der Waals surface area contributed by atoms with Gasteiger partial charge in [-0.15, -0.1) is 0 Å². The molecule has 2 rings (SSSR count). The maximum Gasteiger partial charge on any atom is 0.341 e. The first-order valence-electron chi connectivity index (χ1n) is 6.92. The number of carboxylic acid groups (broad SMARTS) is 2. The van der Waals surface area contributed by atoms with Crippen LogP contribution in [0.25, 0.3) is 0 Å². The number of ether oxygens (including phenoxy) is 1. The third-order valence-electron chi connectivity index (χ3n) is 3.02. The van der Waals surface area contributed by atoms with Crippen LogP contribution in [-0.4, -0.2) is 35.0 Å². The minimum Gasteiger partial charge on any atom is -0.480 e. The summed E-state index contributed by atoms with van der Waals surface area (Å²) in [6.07, 6.45) is 1.62. The van der Waals surface area contributed by atoms with E-state index in [1.165, 1.54) is 12.1 Å². The Hall–Kier alpha value is -2.86. The summed E-state index contributed by atoms with van der Waals surface area (Å²) in [6, 6.07) is 11.4. The lowest BCUT2D eigenvalue weighted by Crippen LogP contribution is -2.09. The number of halogens is 1. The van der Waals surface area contributed by atoms with E-state index in [0.29, 0.717) is 17.3 Å². The van der Waals surface area contributed by atoms with Crippen LogP contribution in [0.3, 0.4) is 0 Å². The number of carboxylic acids is 2. The van der Waals surface area contributed by atoms with Crippen molar-refractivity contribution >= 4 is 29.8 Å². The van der Waals surface area contributed by atoms with Gasteiger partial charge in [0.15, 0.2) is 6.61 Å². The maximum atomic E-state index is 10.8. The molecule has 0 radical (unpaired) electrons. The number of hydrogen-bond donors (Lipinski definition) is 2. The predicted octanol–water partition coefficient (Wildman–Crippen LogP) is 3.12. The normalized spacial score (nSPS) is 10.7. The molecule has 0 aliphatic rings. The van der Waals surface area contributed by atoms with Crippen molar-refractivity contribution in [3.63, 3.8) is 0 Å². The second-order valence-corrected chi connectivity index (χ2v) is 5.25. The van der Waals surface area contributed by atoms with Crippen LogP contribution in [0.5, 0.6) is 5.75 Å². The van der Waals surface area contributed by atoms with Gasteiger partial charge in [-0.2, -0.15) is 0 Å². The third-order valence-corrected chi connectivity index (χ3v) is 3.32. The minimum absolute atomic E-state index is 0.228. The van der Waals surface area contributed by atoms with Crippen LogP contribution in [0.1, 0.15) is 21.5 Å². The monoisotopic (exact) mass is 347 g/mol. The first-order valence-corrected chi connectivity index (χ1v) is 7.29. The molecule has 2 aromatic carbocycles. The number of aromatic carboxylic acids is 1. The number of carbonyl (C=O) groups is 2. The Kier molecular flexibility index (Phi) is 5.92. The summed E-state index contributed by atoms with van der Waals surface area (Å²) in [5.41, 5.74) is 1.85. The highest BCUT2D eigenvalue weighted by Crippen LogP contribution is 2.24. The van der Waals surface area contributed by atoms with Crippen LogP contribution in [-0.2, 0) is 11.3 Å². The van der Waals surface area contributed by atoms with E-state index in [-0.39, 0.29) is 5.56 Å². The van der Waals surface area contributed by atoms with E-state index in [4.69, 9.17) is 26.6 Å². The van der Waals surface area contributed by atoms with Gasteiger partial charge < -0.3 is 14.9 Å². The van der Waals surface area contributed by atoms with E-state index in [0.717, 1.165) is 11.1 Å². The largest absolute Gasteiger partial charge is 0.480 e. The summed E-state index contributed by atoms with van der Waals surface area (Å²) in [7, 11) is 0. The van der Waals surface area contributed by atoms with Crippen LogP contribution >= 0.6 is 11.6 Å². The Balaban J connectivity index is 1.97. The molecule has 0 atom stereocenters.